The van der Waals surface area contributed by atoms with Gasteiger partial charge in [-0.1, -0.05) is 0 Å². The van der Waals surface area contributed by atoms with E-state index in [0.717, 1.165) is 12.1 Å². The molecule has 0 atom stereocenters. The first-order valence-electron chi connectivity index (χ1n) is 7.21. The van der Waals surface area contributed by atoms with E-state index in [4.69, 9.17) is 0 Å². The van der Waals surface area contributed by atoms with Crippen molar-refractivity contribution >= 4 is 17.0 Å². The van der Waals surface area contributed by atoms with Crippen molar-refractivity contribution in [3.8, 4) is 5.75 Å². The molecule has 0 spiro atoms. The molecule has 2 aromatic heterocycles. The standard InChI is InChI=1S/C15H14F3N5O/c1-2-23-8-22-12-13(20-7-21-14(12)23)19-6-9-5-10(16)3-4-11(9)24-15(17)18/h3-5,7-8,15H,2,6H2,1H3,(H,19,20,21). The molecule has 0 saturated heterocycles. The Labute approximate surface area is 135 Å². The van der Waals surface area contributed by atoms with Crippen LogP contribution >= 0.6 is 0 Å². The third-order valence-corrected chi connectivity index (χ3v) is 3.43. The van der Waals surface area contributed by atoms with Gasteiger partial charge < -0.3 is 14.6 Å². The minimum absolute atomic E-state index is 0.0465. The van der Waals surface area contributed by atoms with E-state index < -0.39 is 12.4 Å². The summed E-state index contributed by atoms with van der Waals surface area (Å²) >= 11 is 0. The highest BCUT2D eigenvalue weighted by atomic mass is 19.3. The van der Waals surface area contributed by atoms with Crippen LogP contribution in [-0.2, 0) is 13.1 Å². The fourth-order valence-corrected chi connectivity index (χ4v) is 2.32. The first-order valence-corrected chi connectivity index (χ1v) is 7.21. The van der Waals surface area contributed by atoms with Crippen LogP contribution in [0.4, 0.5) is 19.0 Å². The van der Waals surface area contributed by atoms with Crippen molar-refractivity contribution in [3.63, 3.8) is 0 Å². The number of rotatable bonds is 6. The van der Waals surface area contributed by atoms with E-state index >= 15 is 0 Å². The molecule has 0 aliphatic carbocycles. The number of benzene rings is 1. The molecule has 24 heavy (non-hydrogen) atoms. The SMILES string of the molecule is CCn1cnc2c(NCc3cc(F)ccc3OC(F)F)ncnc21. The van der Waals surface area contributed by atoms with Gasteiger partial charge in [-0.15, -0.1) is 0 Å². The van der Waals surface area contributed by atoms with Crippen molar-refractivity contribution in [2.75, 3.05) is 5.32 Å². The van der Waals surface area contributed by atoms with Crippen LogP contribution in [0.3, 0.4) is 0 Å². The zero-order valence-corrected chi connectivity index (χ0v) is 12.7. The number of nitrogens with one attached hydrogen (secondary N) is 1. The Morgan fingerprint density at radius 3 is 2.83 bits per heavy atom. The zero-order valence-electron chi connectivity index (χ0n) is 12.7. The predicted octanol–water partition coefficient (Wildman–Crippen LogP) is 3.20. The van der Waals surface area contributed by atoms with Crippen molar-refractivity contribution in [3.05, 3.63) is 42.2 Å². The lowest BCUT2D eigenvalue weighted by Gasteiger charge is -2.12. The Kier molecular flexibility index (Phi) is 4.50. The van der Waals surface area contributed by atoms with Crippen LogP contribution in [-0.4, -0.2) is 26.1 Å². The van der Waals surface area contributed by atoms with Gasteiger partial charge in [0.05, 0.1) is 6.33 Å². The van der Waals surface area contributed by atoms with Crippen LogP contribution in [0.5, 0.6) is 5.75 Å². The molecule has 0 bridgehead atoms. The van der Waals surface area contributed by atoms with Gasteiger partial charge in [-0.2, -0.15) is 8.78 Å². The summed E-state index contributed by atoms with van der Waals surface area (Å²) in [5, 5.41) is 2.96. The highest BCUT2D eigenvalue weighted by Crippen LogP contribution is 2.24. The van der Waals surface area contributed by atoms with Gasteiger partial charge in [0.25, 0.3) is 0 Å². The quantitative estimate of drug-likeness (QED) is 0.748. The van der Waals surface area contributed by atoms with Crippen LogP contribution in [0.25, 0.3) is 11.2 Å². The maximum atomic E-state index is 13.4. The van der Waals surface area contributed by atoms with E-state index in [1.54, 1.807) is 6.33 Å². The van der Waals surface area contributed by atoms with Crippen LogP contribution in [0.2, 0.25) is 0 Å². The topological polar surface area (TPSA) is 64.9 Å². The Morgan fingerprint density at radius 2 is 2.08 bits per heavy atom. The van der Waals surface area contributed by atoms with E-state index in [-0.39, 0.29) is 17.9 Å². The van der Waals surface area contributed by atoms with Gasteiger partial charge in [-0.25, -0.2) is 19.3 Å². The number of hydrogen-bond donors (Lipinski definition) is 1. The molecule has 0 fully saturated rings. The first-order chi connectivity index (χ1) is 11.6. The number of anilines is 1. The molecule has 6 nitrogen and oxygen atoms in total. The third kappa shape index (κ3) is 3.24. The van der Waals surface area contributed by atoms with Crippen LogP contribution in [0, 0.1) is 5.82 Å². The average molecular weight is 337 g/mol. The molecule has 2 heterocycles. The number of aromatic nitrogens is 4. The summed E-state index contributed by atoms with van der Waals surface area (Å²) in [4.78, 5) is 12.5. The van der Waals surface area contributed by atoms with Crippen molar-refractivity contribution in [2.24, 2.45) is 0 Å². The lowest BCUT2D eigenvalue weighted by atomic mass is 10.2. The molecule has 0 amide bonds. The van der Waals surface area contributed by atoms with Gasteiger partial charge in [-0.05, 0) is 25.1 Å². The van der Waals surface area contributed by atoms with Crippen LogP contribution < -0.4 is 10.1 Å². The fourth-order valence-electron chi connectivity index (χ4n) is 2.32. The number of aryl methyl sites for hydroxylation is 1. The van der Waals surface area contributed by atoms with Gasteiger partial charge in [0.2, 0.25) is 0 Å². The highest BCUT2D eigenvalue weighted by molar-refractivity contribution is 5.82. The van der Waals surface area contributed by atoms with Crippen molar-refractivity contribution in [2.45, 2.75) is 26.6 Å². The second-order valence-corrected chi connectivity index (χ2v) is 4.91. The van der Waals surface area contributed by atoms with E-state index in [0.29, 0.717) is 23.5 Å². The monoisotopic (exact) mass is 337 g/mol. The molecule has 0 unspecified atom stereocenters. The lowest BCUT2D eigenvalue weighted by molar-refractivity contribution is -0.0504. The number of alkyl halides is 2. The molecule has 0 aliphatic rings. The molecule has 3 rings (SSSR count). The van der Waals surface area contributed by atoms with Gasteiger partial charge >= 0.3 is 6.61 Å². The van der Waals surface area contributed by atoms with Crippen molar-refractivity contribution in [1.29, 1.82) is 0 Å². The number of imidazole rings is 1. The molecule has 0 saturated carbocycles. The summed E-state index contributed by atoms with van der Waals surface area (Å²) in [5.74, 6) is -0.209. The molecule has 3 aromatic rings. The number of nitrogens with zero attached hydrogens (tertiary/aromatic N) is 4. The zero-order chi connectivity index (χ0) is 17.1. The van der Waals surface area contributed by atoms with Crippen LogP contribution in [0.15, 0.2) is 30.9 Å². The lowest BCUT2D eigenvalue weighted by Crippen LogP contribution is -2.08. The summed E-state index contributed by atoms with van der Waals surface area (Å²) < 4.78 is 44.5. The predicted molar refractivity (Wildman–Crippen MR) is 81.4 cm³/mol. The molecular formula is C15H14F3N5O. The number of halogens is 3. The summed E-state index contributed by atoms with van der Waals surface area (Å²) in [6.07, 6.45) is 3.01. The normalized spacial score (nSPS) is 11.2. The molecule has 1 aromatic carbocycles. The third-order valence-electron chi connectivity index (χ3n) is 3.43. The Hall–Kier alpha value is -2.84. The van der Waals surface area contributed by atoms with E-state index in [9.17, 15) is 13.2 Å². The van der Waals surface area contributed by atoms with Gasteiger partial charge in [0, 0.05) is 18.7 Å². The van der Waals surface area contributed by atoms with Gasteiger partial charge in [0.15, 0.2) is 11.5 Å². The molecule has 9 heteroatoms. The van der Waals surface area contributed by atoms with Crippen LogP contribution in [0.1, 0.15) is 12.5 Å². The minimum Gasteiger partial charge on any atom is -0.434 e. The molecule has 1 N–H and O–H groups in total. The number of fused-ring (bicyclic) bond motifs is 1. The second kappa shape index (κ2) is 6.73. The Balaban J connectivity index is 1.86. The largest absolute Gasteiger partial charge is 0.434 e. The average Bonchev–Trinajstić information content (AvgIpc) is 2.98. The molecular weight excluding hydrogens is 323 g/mol. The summed E-state index contributed by atoms with van der Waals surface area (Å²) in [7, 11) is 0. The summed E-state index contributed by atoms with van der Waals surface area (Å²) in [5.41, 5.74) is 1.45. The highest BCUT2D eigenvalue weighted by Gasteiger charge is 2.13. The van der Waals surface area contributed by atoms with Gasteiger partial charge in [-0.3, -0.25) is 0 Å². The molecule has 0 radical (unpaired) electrons. The van der Waals surface area contributed by atoms with E-state index in [2.05, 4.69) is 25.0 Å². The molecule has 0 aliphatic heterocycles. The van der Waals surface area contributed by atoms with E-state index in [1.165, 1.54) is 12.4 Å². The maximum absolute atomic E-state index is 13.4. The summed E-state index contributed by atoms with van der Waals surface area (Å²) in [6.45, 7) is -0.286. The number of hydrogen-bond acceptors (Lipinski definition) is 5. The Bertz CT molecular complexity index is 852. The van der Waals surface area contributed by atoms with Crippen molar-refractivity contribution < 1.29 is 17.9 Å². The smallest absolute Gasteiger partial charge is 0.387 e. The van der Waals surface area contributed by atoms with E-state index in [1.807, 2.05) is 11.5 Å². The Morgan fingerprint density at radius 1 is 1.25 bits per heavy atom. The maximum Gasteiger partial charge on any atom is 0.387 e. The fraction of sp³-hybridized carbons (Fsp3) is 0.267. The second-order valence-electron chi connectivity index (χ2n) is 4.91. The molecule has 126 valence electrons. The summed E-state index contributed by atoms with van der Waals surface area (Å²) in [6, 6.07) is 3.36. The van der Waals surface area contributed by atoms with Gasteiger partial charge in [0.1, 0.15) is 23.4 Å². The van der Waals surface area contributed by atoms with Crippen molar-refractivity contribution in [1.82, 2.24) is 19.5 Å². The minimum atomic E-state index is -2.99. The number of ether oxygens (including phenoxy) is 1. The first kappa shape index (κ1) is 16.0.